The maximum absolute atomic E-state index is 12.1. The second-order valence-electron chi connectivity index (χ2n) is 3.87. The Morgan fingerprint density at radius 3 is 2.68 bits per heavy atom. The molecule has 0 saturated carbocycles. The number of aliphatic hydroxyl groups is 2. The SMILES string of the molecule is O=C(c1ccc2c(c1)no[n+]2[O-])N(CCO)CCO. The van der Waals surface area contributed by atoms with E-state index in [0.29, 0.717) is 5.56 Å². The van der Waals surface area contributed by atoms with Crippen molar-refractivity contribution in [3.05, 3.63) is 29.0 Å². The maximum atomic E-state index is 12.1. The standard InChI is InChI=1S/C11H13N3O5/c15-5-3-13(4-6-16)11(17)8-1-2-10-9(7-8)12-19-14(10)18/h1-2,7,15-16H,3-6H2. The van der Waals surface area contributed by atoms with E-state index in [1.54, 1.807) is 0 Å². The Kier molecular flexibility index (Phi) is 3.93. The highest BCUT2D eigenvalue weighted by molar-refractivity contribution is 5.96. The van der Waals surface area contributed by atoms with Gasteiger partial charge >= 0.3 is 0 Å². The zero-order valence-corrected chi connectivity index (χ0v) is 10.0. The molecule has 0 atom stereocenters. The second-order valence-corrected chi connectivity index (χ2v) is 3.87. The fraction of sp³-hybridized carbons (Fsp3) is 0.364. The molecule has 1 heterocycles. The predicted molar refractivity (Wildman–Crippen MR) is 63.0 cm³/mol. The van der Waals surface area contributed by atoms with Gasteiger partial charge in [-0.1, -0.05) is 0 Å². The third-order valence-corrected chi connectivity index (χ3v) is 2.66. The van der Waals surface area contributed by atoms with Crippen LogP contribution in [0, 0.1) is 5.21 Å². The fourth-order valence-corrected chi connectivity index (χ4v) is 1.75. The number of amides is 1. The molecule has 1 amide bonds. The summed E-state index contributed by atoms with van der Waals surface area (Å²) in [7, 11) is 0. The Balaban J connectivity index is 2.29. The summed E-state index contributed by atoms with van der Waals surface area (Å²) in [6.45, 7) is -0.146. The molecule has 0 fully saturated rings. The lowest BCUT2D eigenvalue weighted by Crippen LogP contribution is -2.35. The summed E-state index contributed by atoms with van der Waals surface area (Å²) >= 11 is 0. The highest BCUT2D eigenvalue weighted by Gasteiger charge is 2.18. The van der Waals surface area contributed by atoms with Crippen LogP contribution in [0.5, 0.6) is 0 Å². The van der Waals surface area contributed by atoms with Gasteiger partial charge < -0.3 is 20.3 Å². The van der Waals surface area contributed by atoms with Crippen LogP contribution in [-0.4, -0.2) is 52.5 Å². The molecule has 1 aromatic carbocycles. The summed E-state index contributed by atoms with van der Waals surface area (Å²) in [5, 5.41) is 32.4. The molecular formula is C11H13N3O5. The molecule has 0 spiro atoms. The summed E-state index contributed by atoms with van der Waals surface area (Å²) in [4.78, 5) is 13.7. The van der Waals surface area contributed by atoms with E-state index >= 15 is 0 Å². The molecule has 0 saturated heterocycles. The highest BCUT2D eigenvalue weighted by atomic mass is 16.8. The molecule has 2 aromatic rings. The smallest absolute Gasteiger partial charge is 0.254 e. The van der Waals surface area contributed by atoms with Crippen LogP contribution in [0.15, 0.2) is 22.8 Å². The second kappa shape index (κ2) is 5.63. The van der Waals surface area contributed by atoms with Gasteiger partial charge in [0.25, 0.3) is 5.91 Å². The number of nitrogens with zero attached hydrogens (tertiary/aromatic N) is 3. The first-order valence-corrected chi connectivity index (χ1v) is 5.68. The molecule has 0 unspecified atom stereocenters. The molecule has 8 heteroatoms. The Morgan fingerprint density at radius 2 is 2.05 bits per heavy atom. The number of hydrogen-bond donors (Lipinski definition) is 2. The van der Waals surface area contributed by atoms with Gasteiger partial charge in [-0.05, 0) is 17.0 Å². The normalized spacial score (nSPS) is 10.8. The van der Waals surface area contributed by atoms with Gasteiger partial charge in [-0.15, -0.1) is 0 Å². The van der Waals surface area contributed by atoms with Gasteiger partial charge in [0.1, 0.15) is 0 Å². The first-order valence-electron chi connectivity index (χ1n) is 5.68. The van der Waals surface area contributed by atoms with Crippen LogP contribution in [0.2, 0.25) is 0 Å². The number of benzene rings is 1. The Morgan fingerprint density at radius 1 is 1.37 bits per heavy atom. The molecule has 0 radical (unpaired) electrons. The van der Waals surface area contributed by atoms with Crippen molar-refractivity contribution in [2.24, 2.45) is 0 Å². The zero-order valence-electron chi connectivity index (χ0n) is 10.0. The van der Waals surface area contributed by atoms with Crippen molar-refractivity contribution >= 4 is 16.9 Å². The number of aromatic nitrogens is 2. The van der Waals surface area contributed by atoms with E-state index in [0.717, 1.165) is 0 Å². The molecule has 19 heavy (non-hydrogen) atoms. The van der Waals surface area contributed by atoms with Crippen molar-refractivity contribution in [1.29, 1.82) is 0 Å². The van der Waals surface area contributed by atoms with Gasteiger partial charge in [-0.3, -0.25) is 9.42 Å². The van der Waals surface area contributed by atoms with E-state index in [4.69, 9.17) is 10.2 Å². The molecule has 0 aliphatic heterocycles. The van der Waals surface area contributed by atoms with Gasteiger partial charge in [0.05, 0.1) is 13.2 Å². The van der Waals surface area contributed by atoms with E-state index in [1.807, 2.05) is 0 Å². The summed E-state index contributed by atoms with van der Waals surface area (Å²) in [5.41, 5.74) is 0.810. The minimum absolute atomic E-state index is 0.123. The lowest BCUT2D eigenvalue weighted by Gasteiger charge is -2.20. The first kappa shape index (κ1) is 13.2. The predicted octanol–water partition coefficient (Wildman–Crippen LogP) is -1.11. The molecule has 0 bridgehead atoms. The Bertz CT molecular complexity index is 577. The average molecular weight is 267 g/mol. The lowest BCUT2D eigenvalue weighted by atomic mass is 10.1. The number of hydrogen-bond acceptors (Lipinski definition) is 6. The van der Waals surface area contributed by atoms with Crippen LogP contribution in [-0.2, 0) is 0 Å². The van der Waals surface area contributed by atoms with Crippen LogP contribution < -0.4 is 4.90 Å². The number of carbonyl (C=O) groups excluding carboxylic acids is 1. The molecule has 1 aromatic heterocycles. The number of rotatable bonds is 5. The topological polar surface area (TPSA) is 114 Å². The van der Waals surface area contributed by atoms with E-state index < -0.39 is 0 Å². The number of aliphatic hydroxyl groups excluding tert-OH is 2. The lowest BCUT2D eigenvalue weighted by molar-refractivity contribution is -0.782. The van der Waals surface area contributed by atoms with Gasteiger partial charge in [0, 0.05) is 29.9 Å². The summed E-state index contributed by atoms with van der Waals surface area (Å²) in [6, 6.07) is 4.33. The Labute approximate surface area is 108 Å². The Hall–Kier alpha value is -2.19. The van der Waals surface area contributed by atoms with Crippen molar-refractivity contribution < 1.29 is 24.5 Å². The molecule has 0 aliphatic carbocycles. The van der Waals surface area contributed by atoms with Crippen molar-refractivity contribution in [2.45, 2.75) is 0 Å². The minimum atomic E-state index is -0.356. The van der Waals surface area contributed by atoms with Gasteiger partial charge in [0.15, 0.2) is 0 Å². The van der Waals surface area contributed by atoms with Crippen LogP contribution in [0.4, 0.5) is 0 Å². The number of carbonyl (C=O) groups is 1. The van der Waals surface area contributed by atoms with Crippen LogP contribution in [0.25, 0.3) is 11.0 Å². The van der Waals surface area contributed by atoms with Gasteiger partial charge in [-0.2, -0.15) is 0 Å². The molecule has 0 aliphatic rings. The van der Waals surface area contributed by atoms with Gasteiger partial charge in [0.2, 0.25) is 11.0 Å². The molecule has 102 valence electrons. The average Bonchev–Trinajstić information content (AvgIpc) is 2.79. The summed E-state index contributed by atoms with van der Waals surface area (Å²) < 4.78 is 4.41. The highest BCUT2D eigenvalue weighted by Crippen LogP contribution is 2.12. The van der Waals surface area contributed by atoms with Crippen LogP contribution >= 0.6 is 0 Å². The molecular weight excluding hydrogens is 254 g/mol. The van der Waals surface area contributed by atoms with E-state index in [1.165, 1.54) is 23.1 Å². The van der Waals surface area contributed by atoms with Gasteiger partial charge in [-0.25, -0.2) is 0 Å². The third kappa shape index (κ3) is 2.64. The fourth-order valence-electron chi connectivity index (χ4n) is 1.75. The molecule has 8 nitrogen and oxygen atoms in total. The van der Waals surface area contributed by atoms with Crippen LogP contribution in [0.3, 0.4) is 0 Å². The van der Waals surface area contributed by atoms with Crippen molar-refractivity contribution in [3.8, 4) is 0 Å². The third-order valence-electron chi connectivity index (χ3n) is 2.66. The van der Waals surface area contributed by atoms with E-state index in [2.05, 4.69) is 9.79 Å². The van der Waals surface area contributed by atoms with Crippen molar-refractivity contribution in [1.82, 2.24) is 10.1 Å². The minimum Gasteiger partial charge on any atom is -0.395 e. The summed E-state index contributed by atoms with van der Waals surface area (Å²) in [5.74, 6) is -0.356. The molecule has 2 N–H and O–H groups in total. The molecule has 2 rings (SSSR count). The largest absolute Gasteiger partial charge is 0.395 e. The number of fused-ring (bicyclic) bond motifs is 1. The van der Waals surface area contributed by atoms with Crippen molar-refractivity contribution in [3.63, 3.8) is 0 Å². The first-order chi connectivity index (χ1) is 9.17. The van der Waals surface area contributed by atoms with Crippen molar-refractivity contribution in [2.75, 3.05) is 26.3 Å². The van der Waals surface area contributed by atoms with E-state index in [9.17, 15) is 10.0 Å². The maximum Gasteiger partial charge on any atom is 0.254 e. The van der Waals surface area contributed by atoms with E-state index in [-0.39, 0.29) is 48.1 Å². The van der Waals surface area contributed by atoms with Crippen LogP contribution in [0.1, 0.15) is 10.4 Å². The zero-order chi connectivity index (χ0) is 13.8. The quantitative estimate of drug-likeness (QED) is 0.664. The summed E-state index contributed by atoms with van der Waals surface area (Å²) in [6.07, 6.45) is 0. The monoisotopic (exact) mass is 267 g/mol.